The van der Waals surface area contributed by atoms with Gasteiger partial charge in [-0.1, -0.05) is 0 Å². The fraction of sp³-hybridized carbons (Fsp3) is 0.667. The summed E-state index contributed by atoms with van der Waals surface area (Å²) >= 11 is 0. The molecule has 108 valence electrons. The highest BCUT2D eigenvalue weighted by Crippen LogP contribution is 2.39. The quantitative estimate of drug-likeness (QED) is 0.615. The summed E-state index contributed by atoms with van der Waals surface area (Å²) in [5.74, 6) is -0.790. The van der Waals surface area contributed by atoms with E-state index in [-0.39, 0.29) is 37.1 Å². The zero-order valence-electron chi connectivity index (χ0n) is 9.42. The van der Waals surface area contributed by atoms with Gasteiger partial charge in [0.25, 0.3) is 0 Å². The first-order chi connectivity index (χ1) is 8.60. The van der Waals surface area contributed by atoms with Gasteiger partial charge in [0.05, 0.1) is 0 Å². The van der Waals surface area contributed by atoms with Crippen molar-refractivity contribution >= 4 is 16.2 Å². The van der Waals surface area contributed by atoms with Gasteiger partial charge in [-0.2, -0.15) is 21.6 Å². The van der Waals surface area contributed by atoms with Crippen LogP contribution in [0.25, 0.3) is 0 Å². The van der Waals surface area contributed by atoms with E-state index >= 15 is 0 Å². The summed E-state index contributed by atoms with van der Waals surface area (Å²) in [6.45, 7) is 0.300. The third-order valence-corrected chi connectivity index (χ3v) is 4.13. The molecular weight excluding hydrogens is 291 g/mol. The summed E-state index contributed by atoms with van der Waals surface area (Å²) in [5.41, 5.74) is -5.46. The van der Waals surface area contributed by atoms with Crippen LogP contribution in [0.4, 0.5) is 18.0 Å². The van der Waals surface area contributed by atoms with Crippen molar-refractivity contribution in [2.45, 2.75) is 11.9 Å². The molecule has 0 radical (unpaired) electrons. The number of hydrogen-bond donors (Lipinski definition) is 1. The van der Waals surface area contributed by atoms with E-state index in [9.17, 15) is 26.4 Å². The minimum absolute atomic E-state index is 0.0102. The van der Waals surface area contributed by atoms with Crippen molar-refractivity contribution < 1.29 is 35.7 Å². The molecule has 1 heterocycles. The van der Waals surface area contributed by atoms with Crippen molar-refractivity contribution in [3.8, 4) is 0 Å². The predicted octanol–water partition coefficient (Wildman–Crippen LogP) is 1.37. The average Bonchev–Trinajstić information content (AvgIpc) is 2.71. The number of alkyl halides is 3. The van der Waals surface area contributed by atoms with E-state index in [1.165, 1.54) is 6.08 Å². The van der Waals surface area contributed by atoms with E-state index in [0.717, 1.165) is 4.90 Å². The number of fused-ring (bicyclic) bond motifs is 1. The number of rotatable bonds is 2. The lowest BCUT2D eigenvalue weighted by Crippen LogP contribution is -2.28. The average molecular weight is 301 g/mol. The molecule has 19 heavy (non-hydrogen) atoms. The Hall–Kier alpha value is -1.45. The third kappa shape index (κ3) is 2.62. The van der Waals surface area contributed by atoms with Gasteiger partial charge < -0.3 is 14.2 Å². The highest BCUT2D eigenvalue weighted by Gasteiger charge is 2.50. The largest absolute Gasteiger partial charge is 0.534 e. The monoisotopic (exact) mass is 301 g/mol. The summed E-state index contributed by atoms with van der Waals surface area (Å²) in [7, 11) is -5.64. The Kier molecular flexibility index (Phi) is 3.15. The molecule has 0 unspecified atom stereocenters. The molecule has 0 aromatic heterocycles. The molecule has 0 aromatic carbocycles. The van der Waals surface area contributed by atoms with Crippen LogP contribution >= 0.6 is 0 Å². The van der Waals surface area contributed by atoms with Crippen LogP contribution in [0.3, 0.4) is 0 Å². The fourth-order valence-electron chi connectivity index (χ4n) is 2.27. The van der Waals surface area contributed by atoms with Crippen LogP contribution in [0.1, 0.15) is 6.42 Å². The number of halogens is 3. The first kappa shape index (κ1) is 14.0. The Morgan fingerprint density at radius 1 is 1.42 bits per heavy atom. The predicted molar refractivity (Wildman–Crippen MR) is 55.3 cm³/mol. The van der Waals surface area contributed by atoms with Gasteiger partial charge >= 0.3 is 21.7 Å². The Morgan fingerprint density at radius 2 is 2.05 bits per heavy atom. The molecule has 1 fully saturated rings. The van der Waals surface area contributed by atoms with Gasteiger partial charge in [-0.05, 0) is 12.0 Å². The zero-order chi connectivity index (χ0) is 14.4. The second kappa shape index (κ2) is 4.29. The SMILES string of the molecule is O=C(O)N1C[C@H]2CC(OS(=O)(=O)C(F)(F)F)=C[C@H]2C1. The number of hydrogen-bond acceptors (Lipinski definition) is 4. The van der Waals surface area contributed by atoms with E-state index in [4.69, 9.17) is 5.11 Å². The van der Waals surface area contributed by atoms with Crippen molar-refractivity contribution in [2.75, 3.05) is 13.1 Å². The van der Waals surface area contributed by atoms with Crippen molar-refractivity contribution in [1.82, 2.24) is 4.90 Å². The molecule has 0 spiro atoms. The number of carboxylic acid groups (broad SMARTS) is 1. The first-order valence-corrected chi connectivity index (χ1v) is 6.70. The van der Waals surface area contributed by atoms with Crippen LogP contribution in [0.5, 0.6) is 0 Å². The Bertz CT molecular complexity index is 526. The summed E-state index contributed by atoms with van der Waals surface area (Å²) in [4.78, 5) is 11.8. The van der Waals surface area contributed by atoms with Crippen molar-refractivity contribution in [1.29, 1.82) is 0 Å². The number of nitrogens with zero attached hydrogens (tertiary/aromatic N) is 1. The molecule has 1 aliphatic carbocycles. The van der Waals surface area contributed by atoms with E-state index < -0.39 is 21.7 Å². The van der Waals surface area contributed by atoms with Crippen molar-refractivity contribution in [3.05, 3.63) is 11.8 Å². The molecule has 1 N–H and O–H groups in total. The van der Waals surface area contributed by atoms with Crippen LogP contribution in [0.2, 0.25) is 0 Å². The normalized spacial score (nSPS) is 27.1. The molecule has 10 heteroatoms. The lowest BCUT2D eigenvalue weighted by atomic mass is 10.0. The van der Waals surface area contributed by atoms with Gasteiger partial charge in [0.1, 0.15) is 5.76 Å². The lowest BCUT2D eigenvalue weighted by Gasteiger charge is -2.13. The molecule has 6 nitrogen and oxygen atoms in total. The van der Waals surface area contributed by atoms with Gasteiger partial charge in [0.15, 0.2) is 0 Å². The van der Waals surface area contributed by atoms with E-state index in [0.29, 0.717) is 0 Å². The molecular formula is C9H10F3NO5S. The standard InChI is InChI=1S/C9H10F3NO5S/c10-9(11,12)19(16,17)18-7-1-5-3-13(8(14)15)4-6(5)2-7/h1,5-6H,2-4H2,(H,14,15)/t5-,6+/m0/s1. The summed E-state index contributed by atoms with van der Waals surface area (Å²) in [6, 6.07) is 0. The number of amides is 1. The maximum Gasteiger partial charge on any atom is 0.534 e. The lowest BCUT2D eigenvalue weighted by molar-refractivity contribution is -0.0523. The number of likely N-dealkylation sites (tertiary alicyclic amines) is 1. The Balaban J connectivity index is 2.04. The highest BCUT2D eigenvalue weighted by atomic mass is 32.2. The highest BCUT2D eigenvalue weighted by molar-refractivity contribution is 7.87. The second-order valence-corrected chi connectivity index (χ2v) is 5.97. The second-order valence-electron chi connectivity index (χ2n) is 4.43. The molecule has 0 saturated carbocycles. The van der Waals surface area contributed by atoms with Crippen LogP contribution in [-0.2, 0) is 14.3 Å². The summed E-state index contributed by atoms with van der Waals surface area (Å²) in [5, 5.41) is 8.76. The molecule has 2 atom stereocenters. The molecule has 2 aliphatic rings. The third-order valence-electron chi connectivity index (χ3n) is 3.13. The number of carbonyl (C=O) groups is 1. The van der Waals surface area contributed by atoms with Gasteiger partial charge in [-0.15, -0.1) is 0 Å². The van der Waals surface area contributed by atoms with E-state index in [1.54, 1.807) is 0 Å². The van der Waals surface area contributed by atoms with Gasteiger partial charge in [0.2, 0.25) is 0 Å². The van der Waals surface area contributed by atoms with Crippen molar-refractivity contribution in [2.24, 2.45) is 11.8 Å². The van der Waals surface area contributed by atoms with Gasteiger partial charge in [0, 0.05) is 25.4 Å². The maximum atomic E-state index is 12.1. The van der Waals surface area contributed by atoms with E-state index in [2.05, 4.69) is 4.18 Å². The smallest absolute Gasteiger partial charge is 0.465 e. The van der Waals surface area contributed by atoms with Crippen LogP contribution in [0, 0.1) is 11.8 Å². The molecule has 0 bridgehead atoms. The van der Waals surface area contributed by atoms with E-state index in [1.807, 2.05) is 0 Å². The molecule has 1 aliphatic heterocycles. The topological polar surface area (TPSA) is 83.9 Å². The first-order valence-electron chi connectivity index (χ1n) is 5.29. The minimum atomic E-state index is -5.64. The van der Waals surface area contributed by atoms with Crippen LogP contribution < -0.4 is 0 Å². The number of allylic oxidation sites excluding steroid dienone is 1. The maximum absolute atomic E-state index is 12.1. The van der Waals surface area contributed by atoms with Crippen LogP contribution in [-0.4, -0.2) is 43.1 Å². The molecule has 2 rings (SSSR count). The molecule has 1 amide bonds. The molecule has 0 aromatic rings. The van der Waals surface area contributed by atoms with Gasteiger partial charge in [-0.25, -0.2) is 4.79 Å². The fourth-order valence-corrected chi connectivity index (χ4v) is 2.77. The minimum Gasteiger partial charge on any atom is -0.465 e. The zero-order valence-corrected chi connectivity index (χ0v) is 10.2. The summed E-state index contributed by atoms with van der Waals surface area (Å²) < 4.78 is 62.0. The van der Waals surface area contributed by atoms with Gasteiger partial charge in [-0.3, -0.25) is 0 Å². The Morgan fingerprint density at radius 3 is 2.53 bits per heavy atom. The molecule has 1 saturated heterocycles. The summed E-state index contributed by atoms with van der Waals surface area (Å²) in [6.07, 6.45) is 0.147. The van der Waals surface area contributed by atoms with Crippen molar-refractivity contribution in [3.63, 3.8) is 0 Å². The van der Waals surface area contributed by atoms with Crippen LogP contribution in [0.15, 0.2) is 11.8 Å². The Labute approximate surface area is 106 Å².